The van der Waals surface area contributed by atoms with Gasteiger partial charge in [0.25, 0.3) is 0 Å². The average Bonchev–Trinajstić information content (AvgIpc) is 3.69. The van der Waals surface area contributed by atoms with Crippen molar-refractivity contribution < 1.29 is 4.42 Å². The van der Waals surface area contributed by atoms with Crippen molar-refractivity contribution in [2.45, 2.75) is 0 Å². The molecule has 0 unspecified atom stereocenters. The fourth-order valence-corrected chi connectivity index (χ4v) is 8.16. The Morgan fingerprint density at radius 1 is 0.345 bits per heavy atom. The van der Waals surface area contributed by atoms with Gasteiger partial charge in [-0.05, 0) is 75.8 Å². The summed E-state index contributed by atoms with van der Waals surface area (Å²) < 4.78 is 6.78. The average molecular weight is 743 g/mol. The standard InChI is InChI=1S/C53H34N4O/c1-4-17-36(18-5-1)51-54-52(37-19-6-2-7-20-37)56-53(55-51)45-28-15-29-48-49(45)47-34-46(43-26-12-13-27-44(43)50(47)58-48)39-22-14-25-41(33-39)57(40-23-8-3-9-24-40)42-31-30-35-16-10-11-21-38(35)32-42/h1-34H. The summed E-state index contributed by atoms with van der Waals surface area (Å²) in [6.45, 7) is 0. The molecule has 0 radical (unpaired) electrons. The summed E-state index contributed by atoms with van der Waals surface area (Å²) in [4.78, 5) is 17.5. The fourth-order valence-electron chi connectivity index (χ4n) is 8.16. The second kappa shape index (κ2) is 14.0. The van der Waals surface area contributed by atoms with Crippen LogP contribution in [0.15, 0.2) is 211 Å². The van der Waals surface area contributed by atoms with E-state index in [1.165, 1.54) is 10.8 Å². The molecule has 5 nitrogen and oxygen atoms in total. The van der Waals surface area contributed by atoms with Gasteiger partial charge >= 0.3 is 0 Å². The Labute approximate surface area is 335 Å². The number of hydrogen-bond donors (Lipinski definition) is 0. The van der Waals surface area contributed by atoms with Crippen molar-refractivity contribution in [3.8, 4) is 45.3 Å². The minimum Gasteiger partial charge on any atom is -0.455 e. The molecule has 58 heavy (non-hydrogen) atoms. The van der Waals surface area contributed by atoms with Gasteiger partial charge < -0.3 is 9.32 Å². The molecule has 2 heterocycles. The Morgan fingerprint density at radius 2 is 0.914 bits per heavy atom. The molecule has 0 aliphatic rings. The van der Waals surface area contributed by atoms with Crippen LogP contribution in [-0.2, 0) is 0 Å². The highest BCUT2D eigenvalue weighted by Gasteiger charge is 2.21. The molecule has 0 saturated heterocycles. The van der Waals surface area contributed by atoms with E-state index in [1.807, 2.05) is 72.8 Å². The molecular weight excluding hydrogens is 709 g/mol. The third-order valence-electron chi connectivity index (χ3n) is 10.9. The molecule has 11 rings (SSSR count). The largest absolute Gasteiger partial charge is 0.455 e. The maximum atomic E-state index is 6.78. The molecule has 9 aromatic carbocycles. The summed E-state index contributed by atoms with van der Waals surface area (Å²) in [5.74, 6) is 1.82. The van der Waals surface area contributed by atoms with Gasteiger partial charge in [-0.2, -0.15) is 0 Å². The maximum Gasteiger partial charge on any atom is 0.164 e. The Kier molecular flexibility index (Phi) is 8.07. The van der Waals surface area contributed by atoms with E-state index in [0.29, 0.717) is 17.5 Å². The molecule has 2 aromatic heterocycles. The predicted octanol–water partition coefficient (Wildman–Crippen LogP) is 14.2. The van der Waals surface area contributed by atoms with Gasteiger partial charge in [0.15, 0.2) is 17.5 Å². The first-order chi connectivity index (χ1) is 28.7. The summed E-state index contributed by atoms with van der Waals surface area (Å²) in [5, 5.41) is 6.53. The van der Waals surface area contributed by atoms with Crippen molar-refractivity contribution in [1.29, 1.82) is 0 Å². The summed E-state index contributed by atoms with van der Waals surface area (Å²) in [6, 6.07) is 71.7. The lowest BCUT2D eigenvalue weighted by Crippen LogP contribution is -2.09. The first-order valence-corrected chi connectivity index (χ1v) is 19.4. The van der Waals surface area contributed by atoms with E-state index in [-0.39, 0.29) is 0 Å². The van der Waals surface area contributed by atoms with Crippen LogP contribution in [0.1, 0.15) is 0 Å². The monoisotopic (exact) mass is 742 g/mol. The van der Waals surface area contributed by atoms with Crippen LogP contribution in [0.4, 0.5) is 17.1 Å². The van der Waals surface area contributed by atoms with Crippen LogP contribution in [0.25, 0.3) is 88.8 Å². The quantitative estimate of drug-likeness (QED) is 0.163. The Bertz CT molecular complexity index is 3230. The van der Waals surface area contributed by atoms with Gasteiger partial charge in [-0.15, -0.1) is 0 Å². The van der Waals surface area contributed by atoms with Gasteiger partial charge in [0, 0.05) is 49.9 Å². The van der Waals surface area contributed by atoms with E-state index in [4.69, 9.17) is 19.4 Å². The zero-order valence-electron chi connectivity index (χ0n) is 31.3. The van der Waals surface area contributed by atoms with E-state index >= 15 is 0 Å². The predicted molar refractivity (Wildman–Crippen MR) is 239 cm³/mol. The van der Waals surface area contributed by atoms with E-state index in [9.17, 15) is 0 Å². The minimum absolute atomic E-state index is 0.589. The second-order valence-electron chi connectivity index (χ2n) is 14.4. The Morgan fingerprint density at radius 3 is 1.66 bits per heavy atom. The smallest absolute Gasteiger partial charge is 0.164 e. The molecule has 5 heteroatoms. The number of rotatable bonds is 7. The minimum atomic E-state index is 0.589. The number of benzene rings is 9. The van der Waals surface area contributed by atoms with E-state index in [1.54, 1.807) is 0 Å². The topological polar surface area (TPSA) is 55.1 Å². The highest BCUT2D eigenvalue weighted by Crippen LogP contribution is 2.44. The molecule has 0 spiro atoms. The Hall–Kier alpha value is -7.89. The van der Waals surface area contributed by atoms with Gasteiger partial charge in [0.2, 0.25) is 0 Å². The molecule has 0 atom stereocenters. The van der Waals surface area contributed by atoms with E-state index in [0.717, 1.165) is 77.6 Å². The third kappa shape index (κ3) is 5.85. The number of nitrogens with zero attached hydrogens (tertiary/aromatic N) is 4. The van der Waals surface area contributed by atoms with Crippen molar-refractivity contribution in [2.75, 3.05) is 4.90 Å². The molecule has 0 amide bonds. The first-order valence-electron chi connectivity index (χ1n) is 19.4. The zero-order chi connectivity index (χ0) is 38.4. The third-order valence-corrected chi connectivity index (χ3v) is 10.9. The number of para-hydroxylation sites is 1. The van der Waals surface area contributed by atoms with Crippen LogP contribution < -0.4 is 4.90 Å². The van der Waals surface area contributed by atoms with Gasteiger partial charge in [0.1, 0.15) is 11.2 Å². The highest BCUT2D eigenvalue weighted by molar-refractivity contribution is 6.22. The lowest BCUT2D eigenvalue weighted by Gasteiger charge is -2.26. The van der Waals surface area contributed by atoms with Crippen molar-refractivity contribution in [2.24, 2.45) is 0 Å². The molecule has 0 aliphatic carbocycles. The summed E-state index contributed by atoms with van der Waals surface area (Å²) in [5.41, 5.74) is 9.79. The molecule has 11 aromatic rings. The maximum absolute atomic E-state index is 6.78. The van der Waals surface area contributed by atoms with Crippen LogP contribution in [0, 0.1) is 0 Å². The van der Waals surface area contributed by atoms with E-state index < -0.39 is 0 Å². The van der Waals surface area contributed by atoms with Gasteiger partial charge in [-0.25, -0.2) is 15.0 Å². The van der Waals surface area contributed by atoms with Crippen LogP contribution in [0.3, 0.4) is 0 Å². The van der Waals surface area contributed by atoms with Crippen molar-refractivity contribution >= 4 is 60.5 Å². The molecular formula is C53H34N4O. The zero-order valence-corrected chi connectivity index (χ0v) is 31.3. The molecule has 272 valence electrons. The number of anilines is 3. The molecule has 0 fully saturated rings. The Balaban J connectivity index is 1.12. The normalized spacial score (nSPS) is 11.4. The SMILES string of the molecule is c1ccc(-c2nc(-c3ccccc3)nc(-c3cccc4oc5c6ccccc6c(-c6cccc(N(c7ccccc7)c7ccc8ccccc8c7)c6)cc5c34)n2)cc1. The van der Waals surface area contributed by atoms with Crippen molar-refractivity contribution in [1.82, 2.24) is 15.0 Å². The van der Waals surface area contributed by atoms with E-state index in [2.05, 4.69) is 138 Å². The number of fused-ring (bicyclic) bond motifs is 6. The molecule has 0 bridgehead atoms. The summed E-state index contributed by atoms with van der Waals surface area (Å²) in [6.07, 6.45) is 0. The number of aromatic nitrogens is 3. The van der Waals surface area contributed by atoms with Crippen molar-refractivity contribution in [3.63, 3.8) is 0 Å². The van der Waals surface area contributed by atoms with Crippen LogP contribution >= 0.6 is 0 Å². The van der Waals surface area contributed by atoms with Gasteiger partial charge in [-0.3, -0.25) is 0 Å². The number of furan rings is 1. The first kappa shape index (κ1) is 33.4. The number of hydrogen-bond acceptors (Lipinski definition) is 5. The van der Waals surface area contributed by atoms with Crippen LogP contribution in [0.2, 0.25) is 0 Å². The van der Waals surface area contributed by atoms with Crippen molar-refractivity contribution in [3.05, 3.63) is 206 Å². The van der Waals surface area contributed by atoms with Gasteiger partial charge in [0.05, 0.1) is 0 Å². The lowest BCUT2D eigenvalue weighted by molar-refractivity contribution is 0.673. The molecule has 0 saturated carbocycles. The highest BCUT2D eigenvalue weighted by atomic mass is 16.3. The molecule has 0 N–H and O–H groups in total. The lowest BCUT2D eigenvalue weighted by atomic mass is 9.94. The van der Waals surface area contributed by atoms with Gasteiger partial charge in [-0.1, -0.05) is 158 Å². The van der Waals surface area contributed by atoms with Crippen LogP contribution in [-0.4, -0.2) is 15.0 Å². The second-order valence-corrected chi connectivity index (χ2v) is 14.4. The van der Waals surface area contributed by atoms with Crippen LogP contribution in [0.5, 0.6) is 0 Å². The fraction of sp³-hybridized carbons (Fsp3) is 0. The molecule has 0 aliphatic heterocycles. The summed E-state index contributed by atoms with van der Waals surface area (Å²) >= 11 is 0. The summed E-state index contributed by atoms with van der Waals surface area (Å²) in [7, 11) is 0.